The molecule has 2 aromatic heterocycles. The van der Waals surface area contributed by atoms with Crippen molar-refractivity contribution < 1.29 is 33.0 Å². The Morgan fingerprint density at radius 3 is 2.48 bits per heavy atom. The third-order valence-corrected chi connectivity index (χ3v) is 8.43. The largest absolute Gasteiger partial charge is 0.489 e. The van der Waals surface area contributed by atoms with Crippen LogP contribution in [-0.4, -0.2) is 46.0 Å². The van der Waals surface area contributed by atoms with Crippen LogP contribution < -0.4 is 15.0 Å². The van der Waals surface area contributed by atoms with Crippen LogP contribution >= 0.6 is 34.8 Å². The Hall–Kier alpha value is -3.48. The average molecular weight is 666 g/mol. The van der Waals surface area contributed by atoms with Gasteiger partial charge in [-0.05, 0) is 48.7 Å². The van der Waals surface area contributed by atoms with E-state index in [1.165, 1.54) is 12.3 Å². The topological polar surface area (TPSA) is 121 Å². The number of nitrogens with one attached hydrogen (secondary N) is 1. The van der Waals surface area contributed by atoms with Crippen molar-refractivity contribution in [1.29, 1.82) is 0 Å². The summed E-state index contributed by atoms with van der Waals surface area (Å²) in [5.74, 6) is -0.822. The van der Waals surface area contributed by atoms with Crippen molar-refractivity contribution in [2.75, 3.05) is 24.5 Å². The third kappa shape index (κ3) is 6.20. The average Bonchev–Trinajstić information content (AvgIpc) is 3.70. The Morgan fingerprint density at radius 1 is 1.11 bits per heavy atom. The maximum absolute atomic E-state index is 14.8. The summed E-state index contributed by atoms with van der Waals surface area (Å²) in [6.45, 7) is 0.0620. The standard InChI is InChI=1S/C30H25Cl3F2N4O5/c31-21-8-18(43-12-19-27(38-44-28(19)16-1-2-16)26-22(32)6-17(34)7-23(26)33)3-4-20(21)30(42)13-39(14-30)29-24(35)5-15(10-37-29)9-36-11-25(40)41/h3-8,10,16,36,42H,1-2,9,11-14H2,(H,40,41). The monoisotopic (exact) mass is 664 g/mol. The van der Waals surface area contributed by atoms with Gasteiger partial charge in [-0.3, -0.25) is 4.79 Å². The first kappa shape index (κ1) is 30.5. The molecule has 230 valence electrons. The van der Waals surface area contributed by atoms with Gasteiger partial charge < -0.3 is 29.7 Å². The number of halogens is 5. The number of aliphatic carboxylic acids is 1. The van der Waals surface area contributed by atoms with E-state index < -0.39 is 23.2 Å². The number of hydrogen-bond acceptors (Lipinski definition) is 8. The number of benzene rings is 2. The van der Waals surface area contributed by atoms with Gasteiger partial charge in [-0.2, -0.15) is 0 Å². The fourth-order valence-electron chi connectivity index (χ4n) is 5.23. The predicted molar refractivity (Wildman–Crippen MR) is 159 cm³/mol. The summed E-state index contributed by atoms with van der Waals surface area (Å²) in [7, 11) is 0. The number of carboxylic acids is 1. The Labute approximate surface area is 265 Å². The molecule has 0 radical (unpaired) electrons. The van der Waals surface area contributed by atoms with Crippen molar-refractivity contribution in [1.82, 2.24) is 15.5 Å². The molecule has 4 aromatic rings. The van der Waals surface area contributed by atoms with Gasteiger partial charge in [0.05, 0.1) is 40.3 Å². The molecule has 0 unspecified atom stereocenters. The summed E-state index contributed by atoms with van der Waals surface area (Å²) in [6.07, 6.45) is 3.34. The Kier molecular flexibility index (Phi) is 8.42. The van der Waals surface area contributed by atoms with Crippen molar-refractivity contribution in [2.24, 2.45) is 0 Å². The van der Waals surface area contributed by atoms with Crippen molar-refractivity contribution >= 4 is 46.6 Å². The Morgan fingerprint density at radius 2 is 1.84 bits per heavy atom. The highest BCUT2D eigenvalue weighted by Gasteiger charge is 2.45. The number of pyridine rings is 1. The van der Waals surface area contributed by atoms with Gasteiger partial charge in [-0.1, -0.05) is 46.0 Å². The molecule has 1 saturated heterocycles. The normalized spacial score (nSPS) is 15.7. The van der Waals surface area contributed by atoms with E-state index in [1.807, 2.05) is 0 Å². The van der Waals surface area contributed by atoms with E-state index in [2.05, 4.69) is 15.5 Å². The molecule has 3 N–H and O–H groups in total. The summed E-state index contributed by atoms with van der Waals surface area (Å²) >= 11 is 19.2. The van der Waals surface area contributed by atoms with E-state index >= 15 is 0 Å². The van der Waals surface area contributed by atoms with Crippen molar-refractivity contribution in [3.63, 3.8) is 0 Å². The minimum Gasteiger partial charge on any atom is -0.489 e. The molecule has 2 fully saturated rings. The van der Waals surface area contributed by atoms with Crippen molar-refractivity contribution in [3.8, 4) is 17.0 Å². The van der Waals surface area contributed by atoms with E-state index in [9.17, 15) is 18.7 Å². The molecular formula is C30H25Cl3F2N4O5. The predicted octanol–water partition coefficient (Wildman–Crippen LogP) is 6.31. The molecule has 0 spiro atoms. The lowest BCUT2D eigenvalue weighted by Gasteiger charge is -2.47. The van der Waals surface area contributed by atoms with E-state index in [4.69, 9.17) is 49.2 Å². The molecule has 6 rings (SSSR count). The number of aromatic nitrogens is 2. The first-order valence-corrected chi connectivity index (χ1v) is 14.8. The van der Waals surface area contributed by atoms with E-state index in [0.717, 1.165) is 25.0 Å². The Balaban J connectivity index is 1.14. The molecule has 0 bridgehead atoms. The van der Waals surface area contributed by atoms with Gasteiger partial charge in [0, 0.05) is 29.8 Å². The lowest BCUT2D eigenvalue weighted by Crippen LogP contribution is -2.60. The zero-order valence-electron chi connectivity index (χ0n) is 22.9. The number of hydrogen-bond donors (Lipinski definition) is 3. The van der Waals surface area contributed by atoms with Gasteiger partial charge in [0.1, 0.15) is 35.2 Å². The van der Waals surface area contributed by atoms with Crippen LogP contribution in [0.1, 0.15) is 41.2 Å². The zero-order chi connectivity index (χ0) is 31.2. The number of rotatable bonds is 11. The first-order chi connectivity index (χ1) is 21.0. The van der Waals surface area contributed by atoms with E-state index in [1.54, 1.807) is 23.1 Å². The molecule has 3 heterocycles. The van der Waals surface area contributed by atoms with Crippen LogP contribution in [-0.2, 0) is 23.5 Å². The lowest BCUT2D eigenvalue weighted by molar-refractivity contribution is -0.136. The van der Waals surface area contributed by atoms with E-state index in [0.29, 0.717) is 39.5 Å². The molecule has 1 saturated carbocycles. The smallest absolute Gasteiger partial charge is 0.317 e. The van der Waals surface area contributed by atoms with Crippen molar-refractivity contribution in [2.45, 2.75) is 37.5 Å². The highest BCUT2D eigenvalue weighted by atomic mass is 35.5. The van der Waals surface area contributed by atoms with Gasteiger partial charge in [0.15, 0.2) is 11.6 Å². The second kappa shape index (κ2) is 12.1. The van der Waals surface area contributed by atoms with Crippen molar-refractivity contribution in [3.05, 3.63) is 91.7 Å². The summed E-state index contributed by atoms with van der Waals surface area (Å²) in [4.78, 5) is 16.4. The molecule has 1 aliphatic carbocycles. The molecule has 2 aliphatic rings. The van der Waals surface area contributed by atoms with Crippen LogP contribution in [0.4, 0.5) is 14.6 Å². The second-order valence-corrected chi connectivity index (χ2v) is 12.1. The van der Waals surface area contributed by atoms with Crippen LogP contribution in [0.25, 0.3) is 11.3 Å². The number of nitrogens with zero attached hydrogens (tertiary/aromatic N) is 3. The highest BCUT2D eigenvalue weighted by Crippen LogP contribution is 2.46. The zero-order valence-corrected chi connectivity index (χ0v) is 25.2. The maximum atomic E-state index is 14.8. The van der Waals surface area contributed by atoms with Gasteiger partial charge in [-0.15, -0.1) is 0 Å². The molecule has 0 amide bonds. The summed E-state index contributed by atoms with van der Waals surface area (Å²) in [5, 5.41) is 27.3. The Bertz CT molecular complexity index is 1720. The maximum Gasteiger partial charge on any atom is 0.317 e. The number of β-amino-alcohol motifs (C(OH)–C–C–N with tert-alkyl or cyclic N) is 1. The fraction of sp³-hybridized carbons (Fsp3) is 0.300. The van der Waals surface area contributed by atoms with Gasteiger partial charge in [0.25, 0.3) is 0 Å². The molecule has 14 heteroatoms. The van der Waals surface area contributed by atoms with Crippen LogP contribution in [0.15, 0.2) is 47.1 Å². The van der Waals surface area contributed by atoms with Gasteiger partial charge >= 0.3 is 5.97 Å². The third-order valence-electron chi connectivity index (χ3n) is 7.52. The highest BCUT2D eigenvalue weighted by molar-refractivity contribution is 6.39. The minimum atomic E-state index is -1.34. The molecular weight excluding hydrogens is 641 g/mol. The van der Waals surface area contributed by atoms with Crippen LogP contribution in [0.3, 0.4) is 0 Å². The first-order valence-electron chi connectivity index (χ1n) is 13.6. The summed E-state index contributed by atoms with van der Waals surface area (Å²) in [6, 6.07) is 8.50. The van der Waals surface area contributed by atoms with E-state index in [-0.39, 0.29) is 59.6 Å². The molecule has 9 nitrogen and oxygen atoms in total. The number of carboxylic acid groups (broad SMARTS) is 1. The fourth-order valence-corrected chi connectivity index (χ4v) is 6.22. The number of carbonyl (C=O) groups is 1. The lowest BCUT2D eigenvalue weighted by atomic mass is 9.86. The summed E-state index contributed by atoms with van der Waals surface area (Å²) < 4.78 is 40.3. The van der Waals surface area contributed by atoms with Crippen LogP contribution in [0.2, 0.25) is 15.1 Å². The number of aliphatic hydroxyl groups is 1. The molecule has 2 aromatic carbocycles. The van der Waals surface area contributed by atoms with Gasteiger partial charge in [-0.25, -0.2) is 13.8 Å². The molecule has 1 aliphatic heterocycles. The van der Waals surface area contributed by atoms with Crippen LogP contribution in [0.5, 0.6) is 5.75 Å². The molecule has 44 heavy (non-hydrogen) atoms. The quantitative estimate of drug-likeness (QED) is 0.169. The number of anilines is 1. The molecule has 0 atom stereocenters. The summed E-state index contributed by atoms with van der Waals surface area (Å²) in [5.41, 5.74) is 0.973. The van der Waals surface area contributed by atoms with Gasteiger partial charge in [0.2, 0.25) is 0 Å². The van der Waals surface area contributed by atoms with Crippen LogP contribution in [0, 0.1) is 11.6 Å². The minimum absolute atomic E-state index is 0.0508. The number of ether oxygens (including phenoxy) is 1. The SMILES string of the molecule is O=C(O)CNCc1cnc(N2CC(O)(c3ccc(OCc4c(-c5c(Cl)cc(F)cc5Cl)noc4C4CC4)cc3Cl)C2)c(F)c1. The second-order valence-electron chi connectivity index (χ2n) is 10.9.